The van der Waals surface area contributed by atoms with E-state index in [4.69, 9.17) is 23.7 Å². The van der Waals surface area contributed by atoms with Gasteiger partial charge in [0, 0.05) is 0 Å². The molecule has 0 heterocycles. The highest BCUT2D eigenvalue weighted by molar-refractivity contribution is 6.09. The van der Waals surface area contributed by atoms with Crippen molar-refractivity contribution in [3.63, 3.8) is 0 Å². The summed E-state index contributed by atoms with van der Waals surface area (Å²) in [6.07, 6.45) is 3.10. The van der Waals surface area contributed by atoms with E-state index in [0.717, 1.165) is 0 Å². The van der Waals surface area contributed by atoms with Crippen LogP contribution in [-0.4, -0.2) is 10.7 Å². The molecular weight excluding hydrogens is 215 g/mol. The summed E-state index contributed by atoms with van der Waals surface area (Å²) in [6, 6.07) is 0. The molecular formula is C8H10Cl2O3. The van der Waals surface area contributed by atoms with Gasteiger partial charge in [-0.25, -0.2) is 0 Å². The molecule has 2 atom stereocenters. The van der Waals surface area contributed by atoms with Gasteiger partial charge in [-0.1, -0.05) is 6.92 Å². The number of hydrogen-bond acceptors (Lipinski definition) is 3. The second kappa shape index (κ2) is 3.78. The van der Waals surface area contributed by atoms with Gasteiger partial charge in [0.15, 0.2) is 11.5 Å². The summed E-state index contributed by atoms with van der Waals surface area (Å²) in [4.78, 5) is 0. The molecule has 0 fully saturated rings. The molecule has 0 aliphatic heterocycles. The van der Waals surface area contributed by atoms with Crippen molar-refractivity contribution in [2.45, 2.75) is 19.4 Å². The molecule has 74 valence electrons. The van der Waals surface area contributed by atoms with Crippen molar-refractivity contribution in [1.82, 2.24) is 0 Å². The van der Waals surface area contributed by atoms with Crippen molar-refractivity contribution in [2.24, 2.45) is 5.92 Å². The lowest BCUT2D eigenvalue weighted by Gasteiger charge is -2.30. The Hall–Kier alpha value is -0.380. The highest BCUT2D eigenvalue weighted by Gasteiger charge is 2.35. The average Bonchev–Trinajstić information content (AvgIpc) is 2.09. The standard InChI is InChI=1S/C8H10Cl2O3/c1-5-7(13-10)6(12-9)3-4-8(5,2)11/h3-5,11H,1-2H3. The Kier molecular flexibility index (Phi) is 3.11. The van der Waals surface area contributed by atoms with Crippen LogP contribution in [0.1, 0.15) is 13.8 Å². The van der Waals surface area contributed by atoms with Gasteiger partial charge in [-0.2, -0.15) is 0 Å². The highest BCUT2D eigenvalue weighted by atomic mass is 35.5. The zero-order valence-electron chi connectivity index (χ0n) is 7.25. The first-order chi connectivity index (χ1) is 6.03. The third-order valence-corrected chi connectivity index (χ3v) is 2.58. The van der Waals surface area contributed by atoms with Crippen molar-refractivity contribution in [3.8, 4) is 0 Å². The Bertz CT molecular complexity index is 258. The van der Waals surface area contributed by atoms with Crippen molar-refractivity contribution in [3.05, 3.63) is 23.7 Å². The summed E-state index contributed by atoms with van der Waals surface area (Å²) in [7, 11) is 0. The van der Waals surface area contributed by atoms with E-state index in [1.54, 1.807) is 19.9 Å². The fourth-order valence-corrected chi connectivity index (χ4v) is 1.46. The molecule has 0 saturated carbocycles. The Morgan fingerprint density at radius 2 is 2.08 bits per heavy atom. The lowest BCUT2D eigenvalue weighted by molar-refractivity contribution is 0.0490. The minimum atomic E-state index is -0.997. The van der Waals surface area contributed by atoms with Gasteiger partial charge in [0.05, 0.1) is 11.5 Å². The van der Waals surface area contributed by atoms with Gasteiger partial charge in [0.25, 0.3) is 0 Å². The van der Waals surface area contributed by atoms with Crippen LogP contribution in [0.5, 0.6) is 0 Å². The van der Waals surface area contributed by atoms with Gasteiger partial charge < -0.3 is 13.7 Å². The average molecular weight is 225 g/mol. The number of aliphatic hydroxyl groups is 1. The molecule has 0 spiro atoms. The van der Waals surface area contributed by atoms with E-state index in [1.807, 2.05) is 0 Å². The predicted molar refractivity (Wildman–Crippen MR) is 49.8 cm³/mol. The topological polar surface area (TPSA) is 38.7 Å². The Balaban J connectivity index is 3.04. The zero-order valence-corrected chi connectivity index (χ0v) is 8.76. The van der Waals surface area contributed by atoms with Gasteiger partial charge in [-0.05, 0) is 19.1 Å². The molecule has 0 radical (unpaired) electrons. The van der Waals surface area contributed by atoms with E-state index in [9.17, 15) is 5.11 Å². The van der Waals surface area contributed by atoms with Crippen LogP contribution in [-0.2, 0) is 8.58 Å². The molecule has 1 rings (SSSR count). The summed E-state index contributed by atoms with van der Waals surface area (Å²) < 4.78 is 9.08. The molecule has 0 aromatic rings. The second-order valence-corrected chi connectivity index (χ2v) is 3.47. The number of rotatable bonds is 2. The molecule has 0 aromatic heterocycles. The molecule has 0 saturated heterocycles. The molecule has 5 heteroatoms. The van der Waals surface area contributed by atoms with Crippen molar-refractivity contribution in [1.29, 1.82) is 0 Å². The molecule has 0 bridgehead atoms. The van der Waals surface area contributed by atoms with Crippen LogP contribution in [0.4, 0.5) is 0 Å². The van der Waals surface area contributed by atoms with Crippen LogP contribution in [0, 0.1) is 5.92 Å². The van der Waals surface area contributed by atoms with E-state index >= 15 is 0 Å². The summed E-state index contributed by atoms with van der Waals surface area (Å²) in [5.74, 6) is 0.337. The van der Waals surface area contributed by atoms with Crippen LogP contribution < -0.4 is 0 Å². The largest absolute Gasteiger partial charge is 0.386 e. The molecule has 3 nitrogen and oxygen atoms in total. The van der Waals surface area contributed by atoms with Gasteiger partial charge >= 0.3 is 0 Å². The fraction of sp³-hybridized carbons (Fsp3) is 0.500. The van der Waals surface area contributed by atoms with Crippen LogP contribution in [0.25, 0.3) is 0 Å². The molecule has 2 unspecified atom stereocenters. The smallest absolute Gasteiger partial charge is 0.186 e. The van der Waals surface area contributed by atoms with Crippen LogP contribution in [0.3, 0.4) is 0 Å². The van der Waals surface area contributed by atoms with E-state index in [1.165, 1.54) is 6.08 Å². The van der Waals surface area contributed by atoms with E-state index in [0.29, 0.717) is 11.5 Å². The van der Waals surface area contributed by atoms with Gasteiger partial charge in [-0.15, -0.1) is 0 Å². The second-order valence-electron chi connectivity index (χ2n) is 3.16. The fourth-order valence-electron chi connectivity index (χ4n) is 1.12. The van der Waals surface area contributed by atoms with Crippen molar-refractivity contribution >= 4 is 23.7 Å². The number of hydrogen-bond donors (Lipinski definition) is 1. The molecule has 0 aromatic carbocycles. The summed E-state index contributed by atoms with van der Waals surface area (Å²) in [5, 5.41) is 9.80. The van der Waals surface area contributed by atoms with Crippen molar-refractivity contribution in [2.75, 3.05) is 0 Å². The first-order valence-corrected chi connectivity index (χ1v) is 4.37. The van der Waals surface area contributed by atoms with E-state index in [-0.39, 0.29) is 5.92 Å². The first kappa shape index (κ1) is 10.7. The molecule has 1 aliphatic carbocycles. The third-order valence-electron chi connectivity index (χ3n) is 2.25. The Morgan fingerprint density at radius 1 is 1.46 bits per heavy atom. The molecule has 1 aliphatic rings. The van der Waals surface area contributed by atoms with Gasteiger partial charge in [0.2, 0.25) is 0 Å². The highest BCUT2D eigenvalue weighted by Crippen LogP contribution is 2.34. The number of halogens is 2. The predicted octanol–water partition coefficient (Wildman–Crippen LogP) is 2.50. The third kappa shape index (κ3) is 1.93. The zero-order chi connectivity index (χ0) is 10.1. The first-order valence-electron chi connectivity index (χ1n) is 3.76. The monoisotopic (exact) mass is 224 g/mol. The van der Waals surface area contributed by atoms with Crippen molar-refractivity contribution < 1.29 is 13.7 Å². The normalized spacial score (nSPS) is 33.5. The SMILES string of the molecule is CC1C(OCl)=C(OCl)C=CC1(C)O. The minimum absolute atomic E-state index is 0.302. The lowest BCUT2D eigenvalue weighted by Crippen LogP contribution is -2.34. The molecule has 13 heavy (non-hydrogen) atoms. The summed E-state index contributed by atoms with van der Waals surface area (Å²) in [6.45, 7) is 3.41. The lowest BCUT2D eigenvalue weighted by atomic mass is 9.85. The van der Waals surface area contributed by atoms with Gasteiger partial charge in [-0.3, -0.25) is 0 Å². The summed E-state index contributed by atoms with van der Waals surface area (Å²) in [5.41, 5.74) is -0.997. The van der Waals surface area contributed by atoms with Crippen LogP contribution >= 0.6 is 23.7 Å². The maximum Gasteiger partial charge on any atom is 0.186 e. The Morgan fingerprint density at radius 3 is 2.54 bits per heavy atom. The molecule has 1 N–H and O–H groups in total. The number of allylic oxidation sites excluding steroid dienone is 1. The maximum absolute atomic E-state index is 9.80. The van der Waals surface area contributed by atoms with E-state index in [2.05, 4.69) is 8.58 Å². The maximum atomic E-state index is 9.80. The minimum Gasteiger partial charge on any atom is -0.386 e. The summed E-state index contributed by atoms with van der Waals surface area (Å²) >= 11 is 10.4. The van der Waals surface area contributed by atoms with Gasteiger partial charge in [0.1, 0.15) is 23.7 Å². The van der Waals surface area contributed by atoms with E-state index < -0.39 is 5.60 Å². The quantitative estimate of drug-likeness (QED) is 0.784. The molecule has 0 amide bonds. The van der Waals surface area contributed by atoms with Crippen LogP contribution in [0.15, 0.2) is 23.7 Å². The Labute approximate surface area is 86.9 Å². The van der Waals surface area contributed by atoms with Crippen LogP contribution in [0.2, 0.25) is 0 Å².